The van der Waals surface area contributed by atoms with Gasteiger partial charge in [-0.05, 0) is 36.8 Å². The molecule has 3 rings (SSSR count). The van der Waals surface area contributed by atoms with Crippen LogP contribution >= 0.6 is 0 Å². The molecule has 152 valence electrons. The standard InChI is InChI=1S/C21H22FN3O4/c1-2-29-18-6-4-3-5-17(18)25-13-15(12-20(25)27)21(28)24-23-19(26)11-14-7-9-16(22)10-8-14/h3-10,15H,2,11-13H2,1H3,(H,23,26)(H,24,28)/t15-/m0/s1. The highest BCUT2D eigenvalue weighted by molar-refractivity contribution is 6.01. The number of halogens is 1. The van der Waals surface area contributed by atoms with Crippen molar-refractivity contribution in [2.45, 2.75) is 19.8 Å². The van der Waals surface area contributed by atoms with Gasteiger partial charge < -0.3 is 9.64 Å². The predicted molar refractivity (Wildman–Crippen MR) is 104 cm³/mol. The number of nitrogens with zero attached hydrogens (tertiary/aromatic N) is 1. The van der Waals surface area contributed by atoms with Crippen LogP contribution in [0.5, 0.6) is 5.75 Å². The van der Waals surface area contributed by atoms with Gasteiger partial charge in [0.25, 0.3) is 0 Å². The van der Waals surface area contributed by atoms with Crippen LogP contribution in [0.3, 0.4) is 0 Å². The molecule has 1 fully saturated rings. The normalized spacial score (nSPS) is 15.9. The molecule has 8 heteroatoms. The fourth-order valence-corrected chi connectivity index (χ4v) is 3.14. The smallest absolute Gasteiger partial charge is 0.243 e. The van der Waals surface area contributed by atoms with Crippen LogP contribution in [0.15, 0.2) is 48.5 Å². The molecule has 0 saturated carbocycles. The van der Waals surface area contributed by atoms with E-state index in [1.54, 1.807) is 18.2 Å². The van der Waals surface area contributed by atoms with E-state index in [4.69, 9.17) is 4.74 Å². The lowest BCUT2D eigenvalue weighted by molar-refractivity contribution is -0.131. The molecule has 7 nitrogen and oxygen atoms in total. The number of carbonyl (C=O) groups excluding carboxylic acids is 3. The predicted octanol–water partition coefficient (Wildman–Crippen LogP) is 1.97. The second kappa shape index (κ2) is 9.18. The number of hydrogen-bond donors (Lipinski definition) is 2. The Kier molecular flexibility index (Phi) is 6.43. The van der Waals surface area contributed by atoms with Crippen molar-refractivity contribution < 1.29 is 23.5 Å². The average Bonchev–Trinajstić information content (AvgIpc) is 3.10. The van der Waals surface area contributed by atoms with Gasteiger partial charge in [0, 0.05) is 13.0 Å². The van der Waals surface area contributed by atoms with Crippen molar-refractivity contribution in [1.82, 2.24) is 10.9 Å². The molecule has 1 aliphatic heterocycles. The first-order valence-electron chi connectivity index (χ1n) is 9.33. The van der Waals surface area contributed by atoms with Gasteiger partial charge in [-0.2, -0.15) is 0 Å². The molecule has 0 aliphatic carbocycles. The summed E-state index contributed by atoms with van der Waals surface area (Å²) in [6, 6.07) is 12.7. The Morgan fingerprint density at radius 2 is 1.86 bits per heavy atom. The minimum atomic E-state index is -0.594. The van der Waals surface area contributed by atoms with Crippen molar-refractivity contribution in [3.05, 3.63) is 59.9 Å². The number of para-hydroxylation sites is 2. The first kappa shape index (κ1) is 20.3. The van der Waals surface area contributed by atoms with Gasteiger partial charge in [-0.3, -0.25) is 25.2 Å². The monoisotopic (exact) mass is 399 g/mol. The largest absolute Gasteiger partial charge is 0.492 e. The fourth-order valence-electron chi connectivity index (χ4n) is 3.14. The molecule has 0 spiro atoms. The Labute approximate surface area is 167 Å². The van der Waals surface area contributed by atoms with Crippen molar-refractivity contribution in [3.63, 3.8) is 0 Å². The van der Waals surface area contributed by atoms with E-state index in [2.05, 4.69) is 10.9 Å². The van der Waals surface area contributed by atoms with Crippen LogP contribution in [0, 0.1) is 11.7 Å². The first-order valence-corrected chi connectivity index (χ1v) is 9.33. The molecule has 2 N–H and O–H groups in total. The molecule has 29 heavy (non-hydrogen) atoms. The second-order valence-corrected chi connectivity index (χ2v) is 6.65. The molecule has 2 aromatic rings. The quantitative estimate of drug-likeness (QED) is 0.727. The number of benzene rings is 2. The first-order chi connectivity index (χ1) is 14.0. The molecule has 0 bridgehead atoms. The highest BCUT2D eigenvalue weighted by Gasteiger charge is 2.36. The van der Waals surface area contributed by atoms with E-state index in [9.17, 15) is 18.8 Å². The third-order valence-electron chi connectivity index (χ3n) is 4.55. The summed E-state index contributed by atoms with van der Waals surface area (Å²) in [6.07, 6.45) is 0.0398. The molecule has 1 heterocycles. The Bertz CT molecular complexity index is 901. The zero-order chi connectivity index (χ0) is 20.8. The molecular formula is C21H22FN3O4. The number of rotatable bonds is 6. The SMILES string of the molecule is CCOc1ccccc1N1C[C@@H](C(=O)NNC(=O)Cc2ccc(F)cc2)CC1=O. The Morgan fingerprint density at radius 1 is 1.14 bits per heavy atom. The maximum atomic E-state index is 12.9. The van der Waals surface area contributed by atoms with Gasteiger partial charge in [-0.1, -0.05) is 24.3 Å². The summed E-state index contributed by atoms with van der Waals surface area (Å²) >= 11 is 0. The topological polar surface area (TPSA) is 87.7 Å². The van der Waals surface area contributed by atoms with Crippen LogP contribution in [-0.2, 0) is 20.8 Å². The van der Waals surface area contributed by atoms with E-state index in [-0.39, 0.29) is 31.1 Å². The summed E-state index contributed by atoms with van der Waals surface area (Å²) in [7, 11) is 0. The van der Waals surface area contributed by atoms with Crippen LogP contribution < -0.4 is 20.5 Å². The van der Waals surface area contributed by atoms with Gasteiger partial charge in [-0.25, -0.2) is 4.39 Å². The van der Waals surface area contributed by atoms with Gasteiger partial charge in [0.05, 0.1) is 24.6 Å². The van der Waals surface area contributed by atoms with Gasteiger partial charge in [0.1, 0.15) is 11.6 Å². The van der Waals surface area contributed by atoms with E-state index >= 15 is 0 Å². The van der Waals surface area contributed by atoms with Crippen LogP contribution in [0.2, 0.25) is 0 Å². The third kappa shape index (κ3) is 5.10. The molecule has 1 atom stereocenters. The van der Waals surface area contributed by atoms with E-state index in [0.29, 0.717) is 23.6 Å². The lowest BCUT2D eigenvalue weighted by atomic mass is 10.1. The summed E-state index contributed by atoms with van der Waals surface area (Å²) in [6.45, 7) is 2.51. The average molecular weight is 399 g/mol. The minimum Gasteiger partial charge on any atom is -0.492 e. The highest BCUT2D eigenvalue weighted by Crippen LogP contribution is 2.33. The third-order valence-corrected chi connectivity index (χ3v) is 4.55. The summed E-state index contributed by atoms with van der Waals surface area (Å²) in [5.41, 5.74) is 5.94. The molecule has 1 saturated heterocycles. The van der Waals surface area contributed by atoms with E-state index < -0.39 is 17.7 Å². The van der Waals surface area contributed by atoms with Crippen LogP contribution in [-0.4, -0.2) is 30.9 Å². The highest BCUT2D eigenvalue weighted by atomic mass is 19.1. The summed E-state index contributed by atoms with van der Waals surface area (Å²) in [4.78, 5) is 38.3. The number of hydrogen-bond acceptors (Lipinski definition) is 4. The number of carbonyl (C=O) groups is 3. The van der Waals surface area contributed by atoms with E-state index in [0.717, 1.165) is 0 Å². The minimum absolute atomic E-state index is 0.00197. The van der Waals surface area contributed by atoms with Gasteiger partial charge in [-0.15, -0.1) is 0 Å². The maximum Gasteiger partial charge on any atom is 0.243 e. The molecule has 1 aliphatic rings. The van der Waals surface area contributed by atoms with Crippen LogP contribution in [0.1, 0.15) is 18.9 Å². The maximum absolute atomic E-state index is 12.9. The number of ether oxygens (including phenoxy) is 1. The van der Waals surface area contributed by atoms with Gasteiger partial charge in [0.2, 0.25) is 17.7 Å². The van der Waals surface area contributed by atoms with Gasteiger partial charge >= 0.3 is 0 Å². The molecule has 0 aromatic heterocycles. The van der Waals surface area contributed by atoms with E-state index in [1.807, 2.05) is 13.0 Å². The van der Waals surface area contributed by atoms with Crippen LogP contribution in [0.25, 0.3) is 0 Å². The number of hydrazine groups is 1. The number of nitrogens with one attached hydrogen (secondary N) is 2. The lowest BCUT2D eigenvalue weighted by Gasteiger charge is -2.20. The number of anilines is 1. The lowest BCUT2D eigenvalue weighted by Crippen LogP contribution is -2.45. The fraction of sp³-hybridized carbons (Fsp3) is 0.286. The molecule has 0 unspecified atom stereocenters. The Morgan fingerprint density at radius 3 is 2.59 bits per heavy atom. The zero-order valence-corrected chi connectivity index (χ0v) is 16.0. The summed E-state index contributed by atoms with van der Waals surface area (Å²) < 4.78 is 18.5. The molecule has 2 aromatic carbocycles. The molecule has 3 amide bonds. The van der Waals surface area contributed by atoms with E-state index in [1.165, 1.54) is 29.2 Å². The van der Waals surface area contributed by atoms with Crippen molar-refractivity contribution in [3.8, 4) is 5.75 Å². The summed E-state index contributed by atoms with van der Waals surface area (Å²) in [5, 5.41) is 0. The van der Waals surface area contributed by atoms with Gasteiger partial charge in [0.15, 0.2) is 0 Å². The second-order valence-electron chi connectivity index (χ2n) is 6.65. The van der Waals surface area contributed by atoms with Crippen LogP contribution in [0.4, 0.5) is 10.1 Å². The zero-order valence-electron chi connectivity index (χ0n) is 16.0. The molecule has 0 radical (unpaired) electrons. The summed E-state index contributed by atoms with van der Waals surface area (Å²) in [5.74, 6) is -1.46. The molecular weight excluding hydrogens is 377 g/mol. The van der Waals surface area contributed by atoms with Crippen molar-refractivity contribution in [1.29, 1.82) is 0 Å². The van der Waals surface area contributed by atoms with Crippen molar-refractivity contribution >= 4 is 23.4 Å². The Hall–Kier alpha value is -3.42. The Balaban J connectivity index is 1.55. The number of amides is 3. The van der Waals surface area contributed by atoms with Crippen molar-refractivity contribution in [2.75, 3.05) is 18.1 Å². The van der Waals surface area contributed by atoms with Crippen molar-refractivity contribution in [2.24, 2.45) is 5.92 Å².